The number of aliphatic hydroxyl groups excluding tert-OH is 1. The van der Waals surface area contributed by atoms with Gasteiger partial charge < -0.3 is 21.5 Å². The van der Waals surface area contributed by atoms with Gasteiger partial charge in [-0.3, -0.25) is 14.1 Å². The van der Waals surface area contributed by atoms with Crippen LogP contribution < -0.4 is 16.4 Å². The summed E-state index contributed by atoms with van der Waals surface area (Å²) in [7, 11) is 0. The highest BCUT2D eigenvalue weighted by Crippen LogP contribution is 2.43. The number of nitrogens with one attached hydrogen (secondary N) is 2. The first-order valence-electron chi connectivity index (χ1n) is 11.9. The van der Waals surface area contributed by atoms with Crippen LogP contribution in [-0.2, 0) is 16.0 Å². The molecule has 2 aliphatic rings. The van der Waals surface area contributed by atoms with Gasteiger partial charge in [-0.2, -0.15) is 0 Å². The van der Waals surface area contributed by atoms with Gasteiger partial charge in [0.25, 0.3) is 5.91 Å². The van der Waals surface area contributed by atoms with Gasteiger partial charge in [0.1, 0.15) is 5.54 Å². The molecule has 0 saturated carbocycles. The fraction of sp³-hybridized carbons (Fsp3) is 0.680. The Morgan fingerprint density at radius 2 is 1.88 bits per heavy atom. The summed E-state index contributed by atoms with van der Waals surface area (Å²) in [5.41, 5.74) is 6.00. The van der Waals surface area contributed by atoms with E-state index >= 15 is 0 Å². The van der Waals surface area contributed by atoms with E-state index in [2.05, 4.69) is 10.6 Å². The normalized spacial score (nSPS) is 31.1. The van der Waals surface area contributed by atoms with Crippen molar-refractivity contribution < 1.29 is 19.2 Å². The van der Waals surface area contributed by atoms with E-state index in [9.17, 15) is 14.7 Å². The highest BCUT2D eigenvalue weighted by Gasteiger charge is 2.64. The SMILES string of the molecule is CC(C)[C@H](N)C(=O)N[C@]1(Cc2ccccc2)CC[N+]2(CCC[C@H]2C(=O)NC(C)(C)C)C1O. The number of nitrogens with zero attached hydrogens (tertiary/aromatic N) is 1. The van der Waals surface area contributed by atoms with Crippen LogP contribution in [-0.4, -0.2) is 63.9 Å². The number of amides is 2. The molecule has 0 aromatic heterocycles. The number of benzene rings is 1. The second kappa shape index (κ2) is 9.12. The van der Waals surface area contributed by atoms with E-state index in [0.29, 0.717) is 23.9 Å². The van der Waals surface area contributed by atoms with Gasteiger partial charge in [0.2, 0.25) is 12.1 Å². The second-order valence-electron chi connectivity index (χ2n) is 11.1. The Kier molecular flexibility index (Phi) is 7.03. The predicted octanol–water partition coefficient (Wildman–Crippen LogP) is 1.68. The van der Waals surface area contributed by atoms with E-state index in [1.54, 1.807) is 0 Å². The number of rotatable bonds is 6. The topological polar surface area (TPSA) is 104 Å². The van der Waals surface area contributed by atoms with Crippen LogP contribution in [0.2, 0.25) is 0 Å². The molecule has 2 aliphatic heterocycles. The van der Waals surface area contributed by atoms with Gasteiger partial charge >= 0.3 is 0 Å². The minimum atomic E-state index is -0.885. The molecule has 2 unspecified atom stereocenters. The number of quaternary nitrogens is 1. The third-order valence-electron chi connectivity index (χ3n) is 7.18. The third-order valence-corrected chi connectivity index (χ3v) is 7.18. The van der Waals surface area contributed by atoms with E-state index < -0.39 is 17.8 Å². The predicted molar refractivity (Wildman–Crippen MR) is 125 cm³/mol. The molecule has 0 bridgehead atoms. The smallest absolute Gasteiger partial charge is 0.278 e. The molecule has 5 N–H and O–H groups in total. The lowest BCUT2D eigenvalue weighted by molar-refractivity contribution is -0.964. The van der Waals surface area contributed by atoms with Crippen molar-refractivity contribution in [2.24, 2.45) is 11.7 Å². The number of aliphatic hydroxyl groups is 1. The lowest BCUT2D eigenvalue weighted by Gasteiger charge is -2.43. The minimum absolute atomic E-state index is 0.0115. The van der Waals surface area contributed by atoms with Crippen molar-refractivity contribution in [3.63, 3.8) is 0 Å². The lowest BCUT2D eigenvalue weighted by Crippen LogP contribution is -2.69. The zero-order valence-corrected chi connectivity index (χ0v) is 20.2. The number of hydrogen-bond donors (Lipinski definition) is 4. The molecule has 2 fully saturated rings. The monoisotopic (exact) mass is 445 g/mol. The van der Waals surface area contributed by atoms with Crippen molar-refractivity contribution in [3.05, 3.63) is 35.9 Å². The van der Waals surface area contributed by atoms with E-state index in [1.807, 2.05) is 65.0 Å². The Hall–Kier alpha value is -1.96. The highest BCUT2D eigenvalue weighted by atomic mass is 16.3. The molecule has 2 saturated heterocycles. The molecule has 1 aromatic rings. The molecule has 178 valence electrons. The summed E-state index contributed by atoms with van der Waals surface area (Å²) in [5, 5.41) is 18.2. The van der Waals surface area contributed by atoms with Crippen LogP contribution in [0.15, 0.2) is 30.3 Å². The van der Waals surface area contributed by atoms with E-state index in [4.69, 9.17) is 5.73 Å². The lowest BCUT2D eigenvalue weighted by atomic mass is 9.87. The molecule has 3 rings (SSSR count). The zero-order chi connectivity index (χ0) is 23.7. The van der Waals surface area contributed by atoms with E-state index in [1.165, 1.54) is 0 Å². The van der Waals surface area contributed by atoms with Crippen LogP contribution in [0.4, 0.5) is 0 Å². The number of carbonyl (C=O) groups is 2. The van der Waals surface area contributed by atoms with E-state index in [-0.39, 0.29) is 29.3 Å². The summed E-state index contributed by atoms with van der Waals surface area (Å²) in [6, 6.07) is 8.94. The van der Waals surface area contributed by atoms with Crippen LogP contribution >= 0.6 is 0 Å². The average molecular weight is 446 g/mol. The van der Waals surface area contributed by atoms with Gasteiger partial charge in [0, 0.05) is 31.2 Å². The Morgan fingerprint density at radius 1 is 1.22 bits per heavy atom. The quantitative estimate of drug-likeness (QED) is 0.500. The molecule has 7 heteroatoms. The fourth-order valence-corrected chi connectivity index (χ4v) is 5.46. The molecular formula is C25H41N4O3+. The van der Waals surface area contributed by atoms with Gasteiger partial charge in [-0.05, 0) is 32.3 Å². The number of carbonyl (C=O) groups excluding carboxylic acids is 2. The van der Waals surface area contributed by atoms with Crippen LogP contribution in [0.1, 0.15) is 59.4 Å². The Balaban J connectivity index is 1.94. The molecule has 1 spiro atoms. The first-order valence-corrected chi connectivity index (χ1v) is 11.9. The summed E-state index contributed by atoms with van der Waals surface area (Å²) >= 11 is 0. The largest absolute Gasteiger partial charge is 0.346 e. The second-order valence-corrected chi connectivity index (χ2v) is 11.1. The van der Waals surface area contributed by atoms with Crippen molar-refractivity contribution in [2.45, 2.75) is 89.7 Å². The van der Waals surface area contributed by atoms with Crippen LogP contribution in [0.5, 0.6) is 0 Å². The Labute approximate surface area is 192 Å². The average Bonchev–Trinajstić information content (AvgIpc) is 3.25. The Morgan fingerprint density at radius 3 is 2.47 bits per heavy atom. The maximum atomic E-state index is 13.2. The number of hydrogen-bond acceptors (Lipinski definition) is 4. The summed E-state index contributed by atoms with van der Waals surface area (Å²) in [4.78, 5) is 26.3. The van der Waals surface area contributed by atoms with Gasteiger partial charge in [0.05, 0.1) is 19.1 Å². The molecule has 5 atom stereocenters. The van der Waals surface area contributed by atoms with Crippen molar-refractivity contribution in [1.82, 2.24) is 10.6 Å². The van der Waals surface area contributed by atoms with Crippen LogP contribution in [0.25, 0.3) is 0 Å². The molecule has 0 radical (unpaired) electrons. The van der Waals surface area contributed by atoms with Gasteiger partial charge in [-0.1, -0.05) is 44.2 Å². The minimum Gasteiger partial charge on any atom is -0.346 e. The van der Waals surface area contributed by atoms with Gasteiger partial charge in [-0.15, -0.1) is 0 Å². The standard InChI is InChI=1S/C25H40N4O3/c1-17(2)20(26)22(31)28-25(16-18-10-7-6-8-11-18)13-15-29(23(25)32)14-9-12-19(29)21(30)27-24(3,4)5/h6-8,10-11,17,19-20,23,32H,9,12-16,26H2,1-5H3,(H-,27,28,30,31)/p+1/t19-,20-,23?,25-,29?/m0/s1. The van der Waals surface area contributed by atoms with Crippen molar-refractivity contribution in [3.8, 4) is 0 Å². The van der Waals surface area contributed by atoms with Crippen molar-refractivity contribution in [1.29, 1.82) is 0 Å². The first kappa shape index (κ1) is 24.7. The first-order chi connectivity index (χ1) is 14.9. The molecule has 2 heterocycles. The van der Waals surface area contributed by atoms with Gasteiger partial charge in [-0.25, -0.2) is 0 Å². The maximum absolute atomic E-state index is 13.2. The summed E-state index contributed by atoms with van der Waals surface area (Å²) in [6.07, 6.45) is 1.82. The van der Waals surface area contributed by atoms with Crippen molar-refractivity contribution >= 4 is 11.8 Å². The molecule has 1 aromatic carbocycles. The van der Waals surface area contributed by atoms with Crippen molar-refractivity contribution in [2.75, 3.05) is 13.1 Å². The van der Waals surface area contributed by atoms with Crippen LogP contribution in [0, 0.1) is 5.92 Å². The summed E-state index contributed by atoms with van der Waals surface area (Å²) < 4.78 is 0.311. The highest BCUT2D eigenvalue weighted by molar-refractivity contribution is 5.83. The molecule has 7 nitrogen and oxygen atoms in total. The third kappa shape index (κ3) is 4.85. The summed E-state index contributed by atoms with van der Waals surface area (Å²) in [6.45, 7) is 11.1. The maximum Gasteiger partial charge on any atom is 0.278 e. The van der Waals surface area contributed by atoms with Crippen LogP contribution in [0.3, 0.4) is 0 Å². The summed E-state index contributed by atoms with van der Waals surface area (Å²) in [5.74, 6) is -0.276. The molecule has 0 aliphatic carbocycles. The van der Waals surface area contributed by atoms with E-state index in [0.717, 1.165) is 24.9 Å². The fourth-order valence-electron chi connectivity index (χ4n) is 5.46. The molecular weight excluding hydrogens is 404 g/mol. The van der Waals surface area contributed by atoms with Gasteiger partial charge in [0.15, 0.2) is 6.04 Å². The molecule has 32 heavy (non-hydrogen) atoms. The zero-order valence-electron chi connectivity index (χ0n) is 20.2. The Bertz CT molecular complexity index is 822. The number of nitrogens with two attached hydrogens (primary N) is 1. The molecule has 2 amide bonds.